The number of fused-ring (bicyclic) bond motifs is 1. The number of hydrogen-bond donors (Lipinski definition) is 2. The first kappa shape index (κ1) is 12.0. The molecule has 0 fully saturated rings. The van der Waals surface area contributed by atoms with Gasteiger partial charge >= 0.3 is 5.69 Å². The van der Waals surface area contributed by atoms with E-state index in [4.69, 9.17) is 0 Å². The number of H-pyrrole nitrogens is 1. The minimum Gasteiger partial charge on any atom is -0.372 e. The van der Waals surface area contributed by atoms with E-state index in [1.807, 2.05) is 0 Å². The second-order valence-electron chi connectivity index (χ2n) is 3.97. The molecule has 0 amide bonds. The Morgan fingerprint density at radius 2 is 2.25 bits per heavy atom. The summed E-state index contributed by atoms with van der Waals surface area (Å²) in [6.07, 6.45) is 1.60. The molecule has 0 atom stereocenters. The first-order valence-electron chi connectivity index (χ1n) is 5.74. The van der Waals surface area contributed by atoms with Crippen molar-refractivity contribution < 1.29 is 4.92 Å². The van der Waals surface area contributed by atoms with Gasteiger partial charge in [-0.2, -0.15) is 5.21 Å². The summed E-state index contributed by atoms with van der Waals surface area (Å²) in [4.78, 5) is 15.0. The van der Waals surface area contributed by atoms with Gasteiger partial charge in [0, 0.05) is 6.20 Å². The Morgan fingerprint density at radius 3 is 3.00 bits per heavy atom. The number of nitro benzene ring substituents is 1. The molecule has 0 aliphatic rings. The van der Waals surface area contributed by atoms with Crippen LogP contribution in [-0.4, -0.2) is 30.5 Å². The highest BCUT2D eigenvalue weighted by Gasteiger charge is 2.18. The Labute approximate surface area is 112 Å². The lowest BCUT2D eigenvalue weighted by Crippen LogP contribution is -2.04. The molecule has 3 aromatic rings. The van der Waals surface area contributed by atoms with Crippen LogP contribution in [0.25, 0.3) is 10.9 Å². The summed E-state index contributed by atoms with van der Waals surface area (Å²) in [6.45, 7) is 0.239. The zero-order valence-corrected chi connectivity index (χ0v) is 10.1. The van der Waals surface area contributed by atoms with E-state index in [0.29, 0.717) is 22.4 Å². The van der Waals surface area contributed by atoms with Crippen molar-refractivity contribution >= 4 is 22.3 Å². The third-order valence-corrected chi connectivity index (χ3v) is 2.77. The van der Waals surface area contributed by atoms with E-state index in [-0.39, 0.29) is 12.2 Å². The van der Waals surface area contributed by atoms with Gasteiger partial charge < -0.3 is 5.32 Å². The first-order valence-corrected chi connectivity index (χ1v) is 5.74. The van der Waals surface area contributed by atoms with Crippen molar-refractivity contribution in [3.63, 3.8) is 0 Å². The largest absolute Gasteiger partial charge is 0.372 e. The van der Waals surface area contributed by atoms with Crippen molar-refractivity contribution in [3.05, 3.63) is 46.4 Å². The van der Waals surface area contributed by atoms with Crippen molar-refractivity contribution in [1.29, 1.82) is 0 Å². The van der Waals surface area contributed by atoms with E-state index < -0.39 is 4.92 Å². The van der Waals surface area contributed by atoms with Gasteiger partial charge in [-0.3, -0.25) is 15.1 Å². The molecule has 1 aromatic carbocycles. The predicted octanol–water partition coefficient (Wildman–Crippen LogP) is 1.27. The van der Waals surface area contributed by atoms with Gasteiger partial charge in [-0.05, 0) is 24.3 Å². The number of hydrogen-bond acceptors (Lipinski definition) is 7. The molecule has 2 aromatic heterocycles. The van der Waals surface area contributed by atoms with Crippen LogP contribution in [-0.2, 0) is 6.54 Å². The number of aromatic amines is 1. The lowest BCUT2D eigenvalue weighted by Gasteiger charge is -2.07. The fourth-order valence-electron chi connectivity index (χ4n) is 1.91. The standard InChI is InChI=1S/C11H9N7O2/c19-18(20)11-7-2-1-5-12-8(7)3-4-9(11)13-6-10-14-16-17-15-10/h1-5,13H,6H2,(H,14,15,16,17). The molecule has 9 heteroatoms. The maximum absolute atomic E-state index is 11.3. The molecule has 0 bridgehead atoms. The highest BCUT2D eigenvalue weighted by Crippen LogP contribution is 2.32. The van der Waals surface area contributed by atoms with Crippen LogP contribution in [0.4, 0.5) is 11.4 Å². The molecule has 2 heterocycles. The van der Waals surface area contributed by atoms with E-state index in [0.717, 1.165) is 0 Å². The molecule has 9 nitrogen and oxygen atoms in total. The number of benzene rings is 1. The van der Waals surface area contributed by atoms with E-state index in [1.54, 1.807) is 30.5 Å². The average molecular weight is 271 g/mol. The summed E-state index contributed by atoms with van der Waals surface area (Å²) in [5.41, 5.74) is 0.948. The number of rotatable bonds is 4. The van der Waals surface area contributed by atoms with Gasteiger partial charge in [0.25, 0.3) is 0 Å². The molecular formula is C11H9N7O2. The lowest BCUT2D eigenvalue weighted by molar-refractivity contribution is -0.382. The smallest absolute Gasteiger partial charge is 0.301 e. The quantitative estimate of drug-likeness (QED) is 0.541. The fraction of sp³-hybridized carbons (Fsp3) is 0.0909. The summed E-state index contributed by atoms with van der Waals surface area (Å²) >= 11 is 0. The topological polar surface area (TPSA) is 123 Å². The number of tetrazole rings is 1. The molecule has 0 saturated heterocycles. The monoisotopic (exact) mass is 271 g/mol. The van der Waals surface area contributed by atoms with Crippen molar-refractivity contribution in [2.45, 2.75) is 6.54 Å². The maximum Gasteiger partial charge on any atom is 0.301 e. The first-order chi connectivity index (χ1) is 9.75. The Bertz CT molecular complexity index is 757. The Hall–Kier alpha value is -3.10. The molecule has 0 unspecified atom stereocenters. The maximum atomic E-state index is 11.3. The molecule has 20 heavy (non-hydrogen) atoms. The van der Waals surface area contributed by atoms with E-state index in [2.05, 4.69) is 30.9 Å². The Morgan fingerprint density at radius 1 is 1.35 bits per heavy atom. The SMILES string of the molecule is O=[N+]([O-])c1c(NCc2nn[nH]n2)ccc2ncccc12. The number of nitrogens with zero attached hydrogens (tertiary/aromatic N) is 5. The summed E-state index contributed by atoms with van der Waals surface area (Å²) in [5.74, 6) is 0.422. The van der Waals surface area contributed by atoms with Crippen LogP contribution in [0.2, 0.25) is 0 Å². The van der Waals surface area contributed by atoms with Gasteiger partial charge in [-0.25, -0.2) is 0 Å². The van der Waals surface area contributed by atoms with Crippen LogP contribution in [0.15, 0.2) is 30.5 Å². The van der Waals surface area contributed by atoms with E-state index >= 15 is 0 Å². The van der Waals surface area contributed by atoms with Crippen LogP contribution < -0.4 is 5.32 Å². The zero-order valence-electron chi connectivity index (χ0n) is 10.1. The molecule has 3 rings (SSSR count). The van der Waals surface area contributed by atoms with Crippen molar-refractivity contribution in [2.75, 3.05) is 5.32 Å². The van der Waals surface area contributed by atoms with Crippen LogP contribution in [0, 0.1) is 10.1 Å². The van der Waals surface area contributed by atoms with Gasteiger partial charge in [0.1, 0.15) is 5.69 Å². The normalized spacial score (nSPS) is 10.6. The molecular weight excluding hydrogens is 262 g/mol. The summed E-state index contributed by atoms with van der Waals surface area (Å²) in [6, 6.07) is 6.67. The molecule has 0 saturated carbocycles. The van der Waals surface area contributed by atoms with Crippen LogP contribution in [0.3, 0.4) is 0 Å². The second kappa shape index (κ2) is 4.88. The van der Waals surface area contributed by atoms with Gasteiger partial charge in [-0.15, -0.1) is 10.2 Å². The molecule has 2 N–H and O–H groups in total. The zero-order chi connectivity index (χ0) is 13.9. The van der Waals surface area contributed by atoms with E-state index in [9.17, 15) is 10.1 Å². The van der Waals surface area contributed by atoms with Crippen molar-refractivity contribution in [1.82, 2.24) is 25.6 Å². The van der Waals surface area contributed by atoms with E-state index in [1.165, 1.54) is 0 Å². The van der Waals surface area contributed by atoms with Crippen LogP contribution in [0.5, 0.6) is 0 Å². The lowest BCUT2D eigenvalue weighted by atomic mass is 10.1. The van der Waals surface area contributed by atoms with Crippen molar-refractivity contribution in [3.8, 4) is 0 Å². The highest BCUT2D eigenvalue weighted by molar-refractivity contribution is 5.94. The number of anilines is 1. The van der Waals surface area contributed by atoms with Gasteiger partial charge in [0.2, 0.25) is 0 Å². The molecule has 0 aliphatic heterocycles. The number of pyridine rings is 1. The van der Waals surface area contributed by atoms with Crippen LogP contribution in [0.1, 0.15) is 5.82 Å². The summed E-state index contributed by atoms with van der Waals surface area (Å²) < 4.78 is 0. The predicted molar refractivity (Wildman–Crippen MR) is 69.9 cm³/mol. The number of nitro groups is 1. The summed E-state index contributed by atoms with van der Waals surface area (Å²) in [5, 5.41) is 28.0. The Kier molecular flexibility index (Phi) is 2.92. The minimum atomic E-state index is -0.428. The second-order valence-corrected chi connectivity index (χ2v) is 3.97. The van der Waals surface area contributed by atoms with Gasteiger partial charge in [0.05, 0.1) is 22.4 Å². The molecule has 0 aliphatic carbocycles. The number of aromatic nitrogens is 5. The Balaban J connectivity index is 2.01. The average Bonchev–Trinajstić information content (AvgIpc) is 2.97. The van der Waals surface area contributed by atoms with Gasteiger partial charge in [-0.1, -0.05) is 5.21 Å². The summed E-state index contributed by atoms with van der Waals surface area (Å²) in [7, 11) is 0. The van der Waals surface area contributed by atoms with Crippen LogP contribution >= 0.6 is 0 Å². The third kappa shape index (κ3) is 2.11. The third-order valence-electron chi connectivity index (χ3n) is 2.77. The highest BCUT2D eigenvalue weighted by atomic mass is 16.6. The van der Waals surface area contributed by atoms with Crippen molar-refractivity contribution in [2.24, 2.45) is 0 Å². The van der Waals surface area contributed by atoms with Gasteiger partial charge in [0.15, 0.2) is 5.82 Å². The fourth-order valence-corrected chi connectivity index (χ4v) is 1.91. The molecule has 100 valence electrons. The molecule has 0 spiro atoms. The molecule has 0 radical (unpaired) electrons. The number of nitrogens with one attached hydrogen (secondary N) is 2. The minimum absolute atomic E-state index is 0.0147.